The van der Waals surface area contributed by atoms with Gasteiger partial charge in [0.2, 0.25) is 0 Å². The molecule has 1 fully saturated rings. The quantitative estimate of drug-likeness (QED) is 0.290. The molecule has 1 atom stereocenters. The van der Waals surface area contributed by atoms with E-state index < -0.39 is 28.1 Å². The van der Waals surface area contributed by atoms with Gasteiger partial charge in [0.15, 0.2) is 0 Å². The molecule has 0 radical (unpaired) electrons. The molecule has 0 spiro atoms. The van der Waals surface area contributed by atoms with Crippen molar-refractivity contribution in [3.8, 4) is 0 Å². The Hall–Kier alpha value is -2.57. The second kappa shape index (κ2) is 8.52. The lowest BCUT2D eigenvalue weighted by molar-refractivity contribution is 0.0701. The van der Waals surface area contributed by atoms with Gasteiger partial charge in [0.25, 0.3) is 5.91 Å². The van der Waals surface area contributed by atoms with Gasteiger partial charge in [-0.15, -0.1) is 0 Å². The van der Waals surface area contributed by atoms with Crippen molar-refractivity contribution >= 4 is 27.4 Å². The fraction of sp³-hybridized carbons (Fsp3) is 0.300. The number of hydroxylamine groups is 1. The van der Waals surface area contributed by atoms with Crippen LogP contribution in [-0.4, -0.2) is 47.3 Å². The van der Waals surface area contributed by atoms with Crippen molar-refractivity contribution in [1.29, 1.82) is 0 Å². The van der Waals surface area contributed by atoms with E-state index in [9.17, 15) is 22.7 Å². The summed E-state index contributed by atoms with van der Waals surface area (Å²) in [5, 5.41) is 12.9. The maximum atomic E-state index is 14.2. The van der Waals surface area contributed by atoms with Crippen molar-refractivity contribution in [2.45, 2.75) is 25.6 Å². The Morgan fingerprint density at radius 1 is 1.26 bits per heavy atom. The highest BCUT2D eigenvalue weighted by molar-refractivity contribution is 8.24. The molecule has 3 aromatic rings. The monoisotopic (exact) mass is 452 g/mol. The number of amides is 1. The van der Waals surface area contributed by atoms with Crippen LogP contribution in [0.15, 0.2) is 36.7 Å². The van der Waals surface area contributed by atoms with Crippen LogP contribution in [0, 0.1) is 11.6 Å². The second-order valence-electron chi connectivity index (χ2n) is 7.59. The summed E-state index contributed by atoms with van der Waals surface area (Å²) in [5.41, 5.74) is 3.27. The number of nitrogens with zero attached hydrogens (tertiary/aromatic N) is 2. The normalized spacial score (nSPS) is 18.9. The minimum atomic E-state index is -2.54. The number of halogens is 2. The molecule has 0 bridgehead atoms. The first-order valence-corrected chi connectivity index (χ1v) is 11.5. The van der Waals surface area contributed by atoms with E-state index in [-0.39, 0.29) is 24.0 Å². The van der Waals surface area contributed by atoms with Crippen molar-refractivity contribution in [1.82, 2.24) is 20.3 Å². The molecule has 3 heterocycles. The molecule has 2 aromatic heterocycles. The summed E-state index contributed by atoms with van der Waals surface area (Å²) in [6.07, 6.45) is 3.88. The molecule has 166 valence electrons. The van der Waals surface area contributed by atoms with Crippen LogP contribution in [0.4, 0.5) is 8.78 Å². The van der Waals surface area contributed by atoms with E-state index in [1.807, 2.05) is 0 Å². The summed E-state index contributed by atoms with van der Waals surface area (Å²) in [6.45, 7) is 0.500. The average Bonchev–Trinajstić information content (AvgIpc) is 3.26. The molecule has 0 aliphatic carbocycles. The minimum absolute atomic E-state index is 0.0111. The number of carbonyl (C=O) groups is 1. The number of fused-ring (bicyclic) bond motifs is 1. The fourth-order valence-corrected chi connectivity index (χ4v) is 5.54. The highest BCUT2D eigenvalue weighted by Crippen LogP contribution is 2.45. The van der Waals surface area contributed by atoms with Crippen molar-refractivity contribution in [2.75, 3.05) is 11.5 Å². The Balaban J connectivity index is 1.66. The van der Waals surface area contributed by atoms with E-state index in [2.05, 4.69) is 10.3 Å². The molecule has 0 saturated carbocycles. The number of hydrogen-bond acceptors (Lipinski definition) is 6. The highest BCUT2D eigenvalue weighted by atomic mass is 32.3. The third-order valence-electron chi connectivity index (χ3n) is 5.38. The lowest BCUT2D eigenvalue weighted by Gasteiger charge is -2.26. The summed E-state index contributed by atoms with van der Waals surface area (Å²) in [7, 11) is -2.54. The van der Waals surface area contributed by atoms with Gasteiger partial charge in [-0.25, -0.2) is 19.2 Å². The lowest BCUT2D eigenvalue weighted by Crippen LogP contribution is -2.28. The van der Waals surface area contributed by atoms with Crippen LogP contribution >= 0.6 is 10.6 Å². The van der Waals surface area contributed by atoms with Gasteiger partial charge in [0.1, 0.15) is 17.3 Å². The van der Waals surface area contributed by atoms with Gasteiger partial charge < -0.3 is 9.88 Å². The van der Waals surface area contributed by atoms with Crippen molar-refractivity contribution < 1.29 is 27.9 Å². The van der Waals surface area contributed by atoms with Gasteiger partial charge in [-0.05, 0) is 24.1 Å². The standard InChI is InChI=1S/C20H22F2N4O4S/c21-14-2-1-12(17(22)5-14)9-26-10-13(7-23-15-3-4-31(29,30)11-15)16-6-18(20(27)25-28)24-8-19(16)26/h1-2,5-6,8,10,15,23,28-30H,3-4,7,9,11H2,(H,25,27). The molecule has 1 aliphatic heterocycles. The summed E-state index contributed by atoms with van der Waals surface area (Å²) in [5.74, 6) is -1.44. The largest absolute Gasteiger partial charge is 0.341 e. The number of aromatic nitrogens is 2. The zero-order valence-electron chi connectivity index (χ0n) is 16.4. The fourth-order valence-electron chi connectivity index (χ4n) is 3.78. The third-order valence-corrected chi connectivity index (χ3v) is 7.21. The molecular formula is C20H22F2N4O4S. The average molecular weight is 452 g/mol. The van der Waals surface area contributed by atoms with Crippen LogP contribution in [0.1, 0.15) is 28.0 Å². The molecule has 4 rings (SSSR count). The van der Waals surface area contributed by atoms with E-state index in [0.717, 1.165) is 11.6 Å². The third kappa shape index (κ3) is 4.70. The van der Waals surface area contributed by atoms with E-state index >= 15 is 0 Å². The van der Waals surface area contributed by atoms with Crippen molar-refractivity contribution in [3.05, 3.63) is 65.1 Å². The Bertz CT molecular complexity index is 1140. The minimum Gasteiger partial charge on any atom is -0.341 e. The smallest absolute Gasteiger partial charge is 0.293 e. The number of benzene rings is 1. The number of carbonyl (C=O) groups excluding carboxylic acids is 1. The van der Waals surface area contributed by atoms with Gasteiger partial charge in [-0.3, -0.25) is 19.1 Å². The number of nitrogens with one attached hydrogen (secondary N) is 2. The van der Waals surface area contributed by atoms with Gasteiger partial charge in [0.05, 0.1) is 24.0 Å². The maximum absolute atomic E-state index is 14.2. The summed E-state index contributed by atoms with van der Waals surface area (Å²) in [4.78, 5) is 15.9. The van der Waals surface area contributed by atoms with Gasteiger partial charge in [-0.1, -0.05) is 6.07 Å². The number of hydrogen-bond donors (Lipinski definition) is 5. The molecule has 31 heavy (non-hydrogen) atoms. The Morgan fingerprint density at radius 3 is 2.74 bits per heavy atom. The second-order valence-corrected chi connectivity index (χ2v) is 9.93. The molecule has 11 heteroatoms. The first-order chi connectivity index (χ1) is 14.8. The lowest BCUT2D eigenvalue weighted by atomic mass is 10.1. The molecule has 1 amide bonds. The summed E-state index contributed by atoms with van der Waals surface area (Å²) < 4.78 is 48.8. The molecule has 1 saturated heterocycles. The molecule has 8 nitrogen and oxygen atoms in total. The van der Waals surface area contributed by atoms with E-state index in [1.54, 1.807) is 16.2 Å². The van der Waals surface area contributed by atoms with Crippen LogP contribution in [0.25, 0.3) is 10.9 Å². The van der Waals surface area contributed by atoms with Crippen LogP contribution in [0.3, 0.4) is 0 Å². The first kappa shape index (κ1) is 21.7. The molecule has 1 unspecified atom stereocenters. The maximum Gasteiger partial charge on any atom is 0.293 e. The van der Waals surface area contributed by atoms with Crippen LogP contribution < -0.4 is 10.8 Å². The predicted octanol–water partition coefficient (Wildman–Crippen LogP) is 3.09. The van der Waals surface area contributed by atoms with Crippen molar-refractivity contribution in [2.24, 2.45) is 0 Å². The van der Waals surface area contributed by atoms with E-state index in [1.165, 1.54) is 24.4 Å². The zero-order valence-corrected chi connectivity index (χ0v) is 17.2. The SMILES string of the molecule is O=C(NO)c1cc2c(CNC3CCS(O)(O)C3)cn(Cc3ccc(F)cc3F)c2cn1. The number of rotatable bonds is 6. The molecule has 5 N–H and O–H groups in total. The Labute approximate surface area is 178 Å². The Kier molecular flexibility index (Phi) is 5.95. The van der Waals surface area contributed by atoms with Gasteiger partial charge in [0, 0.05) is 41.6 Å². The topological polar surface area (TPSA) is 120 Å². The summed E-state index contributed by atoms with van der Waals surface area (Å²) in [6, 6.07) is 4.85. The molecule has 1 aromatic carbocycles. The first-order valence-electron chi connectivity index (χ1n) is 9.59. The van der Waals surface area contributed by atoms with Crippen LogP contribution in [-0.2, 0) is 13.1 Å². The van der Waals surface area contributed by atoms with Crippen LogP contribution in [0.5, 0.6) is 0 Å². The predicted molar refractivity (Wildman–Crippen MR) is 112 cm³/mol. The van der Waals surface area contributed by atoms with Crippen molar-refractivity contribution in [3.63, 3.8) is 0 Å². The highest BCUT2D eigenvalue weighted by Gasteiger charge is 2.28. The van der Waals surface area contributed by atoms with Crippen LogP contribution in [0.2, 0.25) is 0 Å². The van der Waals surface area contributed by atoms with E-state index in [4.69, 9.17) is 5.21 Å². The zero-order chi connectivity index (χ0) is 22.2. The Morgan fingerprint density at radius 2 is 2.06 bits per heavy atom. The molecular weight excluding hydrogens is 430 g/mol. The molecule has 1 aliphatic rings. The van der Waals surface area contributed by atoms with Gasteiger partial charge >= 0.3 is 0 Å². The van der Waals surface area contributed by atoms with Gasteiger partial charge in [-0.2, -0.15) is 10.6 Å². The number of pyridine rings is 1. The summed E-state index contributed by atoms with van der Waals surface area (Å²) >= 11 is 0. The van der Waals surface area contributed by atoms with E-state index in [0.29, 0.717) is 35.2 Å².